The molecule has 0 radical (unpaired) electrons. The zero-order valence-electron chi connectivity index (χ0n) is 17.5. The van der Waals surface area contributed by atoms with Gasteiger partial charge < -0.3 is 4.90 Å². The largest absolute Gasteiger partial charge is 0.310 e. The van der Waals surface area contributed by atoms with Gasteiger partial charge in [0, 0.05) is 30.9 Å². The average molecular weight is 441 g/mol. The van der Waals surface area contributed by atoms with Gasteiger partial charge in [-0.05, 0) is 35.4 Å². The van der Waals surface area contributed by atoms with Gasteiger partial charge in [0.2, 0.25) is 15.8 Å². The molecule has 0 unspecified atom stereocenters. The molecule has 2 heterocycles. The molecule has 1 aliphatic rings. The van der Waals surface area contributed by atoms with Crippen molar-refractivity contribution in [2.45, 2.75) is 31.7 Å². The van der Waals surface area contributed by atoms with Crippen molar-refractivity contribution in [1.82, 2.24) is 24.5 Å². The van der Waals surface area contributed by atoms with Gasteiger partial charge >= 0.3 is 0 Å². The fourth-order valence-electron chi connectivity index (χ4n) is 3.73. The second-order valence-corrected chi connectivity index (χ2v) is 9.12. The number of hydrogen-bond acceptors (Lipinski definition) is 6. The van der Waals surface area contributed by atoms with Gasteiger partial charge in [-0.1, -0.05) is 44.2 Å². The summed E-state index contributed by atoms with van der Waals surface area (Å²) in [5.74, 6) is 0.289. The number of fused-ring (bicyclic) bond motifs is 1. The summed E-state index contributed by atoms with van der Waals surface area (Å²) < 4.78 is 27.0. The van der Waals surface area contributed by atoms with E-state index in [2.05, 4.69) is 15.4 Å². The predicted octanol–water partition coefficient (Wildman–Crippen LogP) is 1.96. The Kier molecular flexibility index (Phi) is 5.84. The molecule has 0 fully saturated rings. The van der Waals surface area contributed by atoms with Crippen molar-refractivity contribution in [3.8, 4) is 11.4 Å². The van der Waals surface area contributed by atoms with Crippen LogP contribution in [0.1, 0.15) is 19.4 Å². The first-order valence-corrected chi connectivity index (χ1v) is 11.6. The molecule has 0 saturated heterocycles. The monoisotopic (exact) mass is 440 g/mol. The second kappa shape index (κ2) is 8.56. The lowest BCUT2D eigenvalue weighted by molar-refractivity contribution is -0.119. The van der Waals surface area contributed by atoms with Crippen molar-refractivity contribution in [3.63, 3.8) is 0 Å². The lowest BCUT2D eigenvalue weighted by atomic mass is 10.2. The van der Waals surface area contributed by atoms with Gasteiger partial charge in [0.1, 0.15) is 6.54 Å². The quantitative estimate of drug-likeness (QED) is 0.557. The maximum absolute atomic E-state index is 12.9. The van der Waals surface area contributed by atoms with Crippen LogP contribution in [0.2, 0.25) is 0 Å². The minimum Gasteiger partial charge on any atom is -0.310 e. The van der Waals surface area contributed by atoms with Crippen molar-refractivity contribution in [2.75, 3.05) is 24.5 Å². The summed E-state index contributed by atoms with van der Waals surface area (Å²) in [5.41, 5.74) is 2.40. The lowest BCUT2D eigenvalue weighted by Crippen LogP contribution is -2.33. The van der Waals surface area contributed by atoms with Crippen LogP contribution in [0.5, 0.6) is 0 Å². The summed E-state index contributed by atoms with van der Waals surface area (Å²) in [6, 6.07) is 14.4. The zero-order valence-corrected chi connectivity index (χ0v) is 18.3. The minimum atomic E-state index is -3.54. The topological polar surface area (TPSA) is 101 Å². The molecule has 1 amide bonds. The molecule has 0 N–H and O–H groups in total. The fraction of sp³-hybridized carbons (Fsp3) is 0.333. The molecule has 3 aromatic rings. The Hall–Kier alpha value is -3.11. The molecule has 162 valence electrons. The number of rotatable bonds is 7. The molecule has 0 saturated carbocycles. The molecule has 0 bridgehead atoms. The van der Waals surface area contributed by atoms with E-state index in [1.54, 1.807) is 23.1 Å². The Morgan fingerprint density at radius 3 is 2.55 bits per heavy atom. The maximum atomic E-state index is 12.9. The third-order valence-electron chi connectivity index (χ3n) is 5.35. The summed E-state index contributed by atoms with van der Waals surface area (Å²) >= 11 is 0. The lowest BCUT2D eigenvalue weighted by Gasteiger charge is -2.20. The summed E-state index contributed by atoms with van der Waals surface area (Å²) in [7, 11) is -3.54. The molecule has 2 aromatic carbocycles. The molecule has 1 aliphatic heterocycles. The summed E-state index contributed by atoms with van der Waals surface area (Å²) in [6.07, 6.45) is 0.600. The molecular formula is C21H24N6O3S. The van der Waals surface area contributed by atoms with Crippen molar-refractivity contribution in [3.05, 3.63) is 54.1 Å². The van der Waals surface area contributed by atoms with Gasteiger partial charge in [-0.15, -0.1) is 10.2 Å². The van der Waals surface area contributed by atoms with Gasteiger partial charge in [0.25, 0.3) is 5.91 Å². The number of aromatic nitrogens is 4. The van der Waals surface area contributed by atoms with E-state index in [0.29, 0.717) is 31.9 Å². The number of carbonyl (C=O) groups excluding carboxylic acids is 1. The van der Waals surface area contributed by atoms with Gasteiger partial charge in [0.15, 0.2) is 0 Å². The number of amides is 1. The van der Waals surface area contributed by atoms with Gasteiger partial charge in [-0.25, -0.2) is 8.42 Å². The summed E-state index contributed by atoms with van der Waals surface area (Å²) in [4.78, 5) is 16.1. The highest BCUT2D eigenvalue weighted by Gasteiger charge is 2.29. The Morgan fingerprint density at radius 2 is 1.84 bits per heavy atom. The number of tetrazole rings is 1. The molecule has 10 heteroatoms. The predicted molar refractivity (Wildman–Crippen MR) is 116 cm³/mol. The molecule has 0 atom stereocenters. The van der Waals surface area contributed by atoms with E-state index in [1.165, 1.54) is 9.10 Å². The van der Waals surface area contributed by atoms with E-state index in [9.17, 15) is 13.2 Å². The highest BCUT2D eigenvalue weighted by molar-refractivity contribution is 7.89. The number of sulfonamides is 1. The Morgan fingerprint density at radius 1 is 1.10 bits per heavy atom. The summed E-state index contributed by atoms with van der Waals surface area (Å²) in [5, 5.41) is 12.3. The molecule has 0 aliphatic carbocycles. The van der Waals surface area contributed by atoms with E-state index in [-0.39, 0.29) is 17.3 Å². The first-order chi connectivity index (χ1) is 14.9. The van der Waals surface area contributed by atoms with Crippen LogP contribution in [0, 0.1) is 0 Å². The Labute approximate surface area is 181 Å². The van der Waals surface area contributed by atoms with Crippen molar-refractivity contribution >= 4 is 21.6 Å². The fourth-order valence-corrected chi connectivity index (χ4v) is 5.24. The maximum Gasteiger partial charge on any atom is 0.250 e. The second-order valence-electron chi connectivity index (χ2n) is 7.18. The van der Waals surface area contributed by atoms with Crippen LogP contribution in [-0.4, -0.2) is 58.5 Å². The van der Waals surface area contributed by atoms with Gasteiger partial charge in [-0.3, -0.25) is 4.79 Å². The van der Waals surface area contributed by atoms with Crippen molar-refractivity contribution < 1.29 is 13.2 Å². The highest BCUT2D eigenvalue weighted by Crippen LogP contribution is 2.31. The van der Waals surface area contributed by atoms with E-state index in [4.69, 9.17) is 0 Å². The van der Waals surface area contributed by atoms with Crippen LogP contribution in [0.3, 0.4) is 0 Å². The smallest absolute Gasteiger partial charge is 0.250 e. The molecular weight excluding hydrogens is 416 g/mol. The van der Waals surface area contributed by atoms with E-state index in [0.717, 1.165) is 16.8 Å². The summed E-state index contributed by atoms with van der Waals surface area (Å²) in [6.45, 7) is 4.90. The van der Waals surface area contributed by atoms with Crippen LogP contribution in [0.4, 0.5) is 5.69 Å². The minimum absolute atomic E-state index is 0.0429. The Bertz CT molecular complexity index is 1190. The molecule has 0 spiro atoms. The first-order valence-electron chi connectivity index (χ1n) is 10.2. The van der Waals surface area contributed by atoms with Crippen LogP contribution in [0.25, 0.3) is 11.4 Å². The number of nitrogens with zero attached hydrogens (tertiary/aromatic N) is 6. The highest BCUT2D eigenvalue weighted by atomic mass is 32.2. The Balaban J connectivity index is 1.51. The number of anilines is 1. The normalized spacial score (nSPS) is 13.6. The van der Waals surface area contributed by atoms with Gasteiger partial charge in [-0.2, -0.15) is 9.10 Å². The van der Waals surface area contributed by atoms with E-state index in [1.807, 2.05) is 44.2 Å². The number of carbonyl (C=O) groups is 1. The molecule has 9 nitrogen and oxygen atoms in total. The van der Waals surface area contributed by atoms with Crippen LogP contribution >= 0.6 is 0 Å². The molecule has 1 aromatic heterocycles. The first kappa shape index (κ1) is 21.1. The standard InChI is InChI=1S/C21H24N6O3S/c1-3-25(4-2)31(29,30)18-10-11-19-17(14-18)12-13-26(19)20(28)15-27-23-21(22-24-27)16-8-6-5-7-9-16/h5-11,14H,3-4,12-13,15H2,1-2H3. The van der Waals surface area contributed by atoms with Crippen molar-refractivity contribution in [1.29, 1.82) is 0 Å². The number of benzene rings is 2. The third kappa shape index (κ3) is 4.08. The van der Waals surface area contributed by atoms with Crippen LogP contribution < -0.4 is 4.90 Å². The van der Waals surface area contributed by atoms with E-state index < -0.39 is 10.0 Å². The third-order valence-corrected chi connectivity index (χ3v) is 7.40. The number of hydrogen-bond donors (Lipinski definition) is 0. The van der Waals surface area contributed by atoms with Gasteiger partial charge in [0.05, 0.1) is 4.90 Å². The van der Waals surface area contributed by atoms with Crippen LogP contribution in [0.15, 0.2) is 53.4 Å². The molecule has 4 rings (SSSR count). The average Bonchev–Trinajstić information content (AvgIpc) is 3.41. The van der Waals surface area contributed by atoms with Crippen molar-refractivity contribution in [2.24, 2.45) is 0 Å². The van der Waals surface area contributed by atoms with Crippen LogP contribution in [-0.2, 0) is 27.8 Å². The zero-order chi connectivity index (χ0) is 22.0. The SMILES string of the molecule is CCN(CC)S(=O)(=O)c1ccc2c(c1)CCN2C(=O)Cn1nnc(-c2ccccc2)n1. The molecule has 31 heavy (non-hydrogen) atoms. The van der Waals surface area contributed by atoms with E-state index >= 15 is 0 Å².